The number of hydrogen-bond acceptors (Lipinski definition) is 2. The van der Waals surface area contributed by atoms with Crippen LogP contribution < -0.4 is 10.1 Å². The van der Waals surface area contributed by atoms with Gasteiger partial charge < -0.3 is 15.0 Å². The van der Waals surface area contributed by atoms with Crippen LogP contribution >= 0.6 is 15.9 Å². The summed E-state index contributed by atoms with van der Waals surface area (Å²) in [7, 11) is 3.36. The molecule has 0 heterocycles. The highest BCUT2D eigenvalue weighted by Crippen LogP contribution is 2.17. The number of amides is 2. The third-order valence-electron chi connectivity index (χ3n) is 2.98. The summed E-state index contributed by atoms with van der Waals surface area (Å²) < 4.78 is 6.14. The van der Waals surface area contributed by atoms with E-state index in [2.05, 4.69) is 21.2 Å². The molecule has 21 heavy (non-hydrogen) atoms. The van der Waals surface area contributed by atoms with Crippen molar-refractivity contribution >= 4 is 27.6 Å². The molecule has 2 aromatic rings. The van der Waals surface area contributed by atoms with Crippen LogP contribution in [0.25, 0.3) is 0 Å². The number of anilines is 1. The normalized spacial score (nSPS) is 10.0. The molecule has 0 radical (unpaired) electrons. The first-order chi connectivity index (χ1) is 10.1. The van der Waals surface area contributed by atoms with Crippen molar-refractivity contribution in [1.82, 2.24) is 4.90 Å². The summed E-state index contributed by atoms with van der Waals surface area (Å²) in [5.41, 5.74) is 1.77. The van der Waals surface area contributed by atoms with Crippen molar-refractivity contribution in [2.24, 2.45) is 0 Å². The van der Waals surface area contributed by atoms with Gasteiger partial charge in [0.25, 0.3) is 0 Å². The highest BCUT2D eigenvalue weighted by atomic mass is 79.9. The molecule has 0 atom stereocenters. The van der Waals surface area contributed by atoms with Gasteiger partial charge in [-0.3, -0.25) is 0 Å². The fourth-order valence-corrected chi connectivity index (χ4v) is 2.35. The highest BCUT2D eigenvalue weighted by Gasteiger charge is 2.10. The number of hydrogen-bond donors (Lipinski definition) is 1. The topological polar surface area (TPSA) is 41.6 Å². The second-order valence-corrected chi connectivity index (χ2v) is 5.56. The van der Waals surface area contributed by atoms with Gasteiger partial charge in [-0.2, -0.15) is 0 Å². The maximum atomic E-state index is 12.2. The molecule has 1 N–H and O–H groups in total. The maximum absolute atomic E-state index is 12.2. The molecule has 0 spiro atoms. The monoisotopic (exact) mass is 348 g/mol. The molecule has 0 unspecified atom stereocenters. The van der Waals surface area contributed by atoms with Crippen LogP contribution in [0.15, 0.2) is 53.0 Å². The van der Waals surface area contributed by atoms with Gasteiger partial charge in [-0.05, 0) is 29.8 Å². The van der Waals surface area contributed by atoms with E-state index in [0.29, 0.717) is 18.0 Å². The molecule has 5 heteroatoms. The minimum absolute atomic E-state index is 0.164. The fourth-order valence-electron chi connectivity index (χ4n) is 1.90. The van der Waals surface area contributed by atoms with E-state index in [1.807, 2.05) is 42.5 Å². The lowest BCUT2D eigenvalue weighted by atomic mass is 10.2. The van der Waals surface area contributed by atoms with Gasteiger partial charge in [0.05, 0.1) is 7.11 Å². The van der Waals surface area contributed by atoms with Crippen LogP contribution in [0, 0.1) is 0 Å². The third kappa shape index (κ3) is 4.49. The van der Waals surface area contributed by atoms with Gasteiger partial charge >= 0.3 is 6.03 Å². The van der Waals surface area contributed by atoms with Gasteiger partial charge in [-0.25, -0.2) is 4.79 Å². The van der Waals surface area contributed by atoms with E-state index in [1.54, 1.807) is 25.1 Å². The van der Waals surface area contributed by atoms with Crippen molar-refractivity contribution in [3.8, 4) is 5.75 Å². The lowest BCUT2D eigenvalue weighted by molar-refractivity contribution is 0.220. The zero-order valence-corrected chi connectivity index (χ0v) is 13.6. The summed E-state index contributed by atoms with van der Waals surface area (Å²) in [5, 5.41) is 2.85. The Kier molecular flexibility index (Phi) is 5.22. The minimum atomic E-state index is -0.164. The molecular formula is C16H17BrN2O2. The minimum Gasteiger partial charge on any atom is -0.497 e. The number of carbonyl (C=O) groups excluding carboxylic acids is 1. The van der Waals surface area contributed by atoms with Gasteiger partial charge in [0.15, 0.2) is 0 Å². The number of rotatable bonds is 4. The Bertz CT molecular complexity index is 631. The summed E-state index contributed by atoms with van der Waals surface area (Å²) in [6.45, 7) is 0.537. The zero-order chi connectivity index (χ0) is 15.2. The quantitative estimate of drug-likeness (QED) is 0.902. The Morgan fingerprint density at radius 1 is 1.24 bits per heavy atom. The molecule has 0 aliphatic carbocycles. The molecule has 2 rings (SSSR count). The van der Waals surface area contributed by atoms with Crippen molar-refractivity contribution in [2.75, 3.05) is 19.5 Å². The lowest BCUT2D eigenvalue weighted by Gasteiger charge is -2.18. The molecule has 0 bridgehead atoms. The van der Waals surface area contributed by atoms with Gasteiger partial charge in [0.2, 0.25) is 0 Å². The zero-order valence-electron chi connectivity index (χ0n) is 12.0. The lowest BCUT2D eigenvalue weighted by Crippen LogP contribution is -2.30. The number of urea groups is 1. The summed E-state index contributed by atoms with van der Waals surface area (Å²) in [4.78, 5) is 13.8. The number of nitrogens with one attached hydrogen (secondary N) is 1. The van der Waals surface area contributed by atoms with Crippen LogP contribution in [0.2, 0.25) is 0 Å². The van der Waals surface area contributed by atoms with E-state index in [4.69, 9.17) is 4.74 Å². The summed E-state index contributed by atoms with van der Waals surface area (Å²) >= 11 is 3.43. The number of benzene rings is 2. The van der Waals surface area contributed by atoms with E-state index in [0.717, 1.165) is 10.0 Å². The smallest absolute Gasteiger partial charge is 0.321 e. The molecule has 0 aliphatic rings. The first kappa shape index (κ1) is 15.4. The van der Waals surface area contributed by atoms with Crippen molar-refractivity contribution in [3.63, 3.8) is 0 Å². The van der Waals surface area contributed by atoms with Gasteiger partial charge in [-0.1, -0.05) is 34.1 Å². The van der Waals surface area contributed by atoms with Crippen molar-refractivity contribution in [3.05, 3.63) is 58.6 Å². The second kappa shape index (κ2) is 7.13. The first-order valence-electron chi connectivity index (χ1n) is 6.49. The van der Waals surface area contributed by atoms with Crippen LogP contribution in [0.3, 0.4) is 0 Å². The second-order valence-electron chi connectivity index (χ2n) is 4.65. The van der Waals surface area contributed by atoms with E-state index in [1.165, 1.54) is 0 Å². The van der Waals surface area contributed by atoms with Crippen LogP contribution in [0.4, 0.5) is 10.5 Å². The number of ether oxygens (including phenoxy) is 1. The number of methoxy groups -OCH3 is 1. The van der Waals surface area contributed by atoms with Crippen molar-refractivity contribution in [1.29, 1.82) is 0 Å². The molecule has 0 aromatic heterocycles. The molecule has 0 aliphatic heterocycles. The average molecular weight is 349 g/mol. The number of halogens is 1. The molecule has 0 fully saturated rings. The van der Waals surface area contributed by atoms with E-state index in [-0.39, 0.29) is 6.03 Å². The highest BCUT2D eigenvalue weighted by molar-refractivity contribution is 9.10. The Labute approximate surface area is 132 Å². The van der Waals surface area contributed by atoms with Crippen LogP contribution in [-0.4, -0.2) is 25.1 Å². The van der Waals surface area contributed by atoms with Crippen LogP contribution in [0.5, 0.6) is 5.75 Å². The molecule has 2 aromatic carbocycles. The molecule has 2 amide bonds. The van der Waals surface area contributed by atoms with Gasteiger partial charge in [0, 0.05) is 29.8 Å². The predicted molar refractivity (Wildman–Crippen MR) is 87.6 cm³/mol. The predicted octanol–water partition coefficient (Wildman–Crippen LogP) is 4.12. The van der Waals surface area contributed by atoms with Crippen LogP contribution in [0.1, 0.15) is 5.56 Å². The molecular weight excluding hydrogens is 332 g/mol. The molecule has 110 valence electrons. The summed E-state index contributed by atoms with van der Waals surface area (Å²) in [6.07, 6.45) is 0. The Hall–Kier alpha value is -2.01. The Morgan fingerprint density at radius 2 is 2.00 bits per heavy atom. The SMILES string of the molecule is COc1cccc(NC(=O)N(C)Cc2cccc(Br)c2)c1. The summed E-state index contributed by atoms with van der Waals surface area (Å²) in [5.74, 6) is 0.711. The third-order valence-corrected chi connectivity index (χ3v) is 3.47. The number of nitrogens with zero attached hydrogens (tertiary/aromatic N) is 1. The Balaban J connectivity index is 1.99. The molecule has 4 nitrogen and oxygen atoms in total. The standard InChI is InChI=1S/C16H17BrN2O2/c1-19(11-12-5-3-6-13(17)9-12)16(20)18-14-7-4-8-15(10-14)21-2/h3-10H,11H2,1-2H3,(H,18,20). The van der Waals surface area contributed by atoms with Crippen molar-refractivity contribution in [2.45, 2.75) is 6.54 Å². The van der Waals surface area contributed by atoms with E-state index in [9.17, 15) is 4.79 Å². The molecule has 0 saturated carbocycles. The first-order valence-corrected chi connectivity index (χ1v) is 7.28. The van der Waals surface area contributed by atoms with Crippen molar-refractivity contribution < 1.29 is 9.53 Å². The van der Waals surface area contributed by atoms with Gasteiger partial charge in [0.1, 0.15) is 5.75 Å². The summed E-state index contributed by atoms with van der Waals surface area (Å²) in [6, 6.07) is 15.0. The maximum Gasteiger partial charge on any atom is 0.321 e. The fraction of sp³-hybridized carbons (Fsp3) is 0.188. The van der Waals surface area contributed by atoms with Gasteiger partial charge in [-0.15, -0.1) is 0 Å². The Morgan fingerprint density at radius 3 is 2.71 bits per heavy atom. The van der Waals surface area contributed by atoms with E-state index >= 15 is 0 Å². The number of carbonyl (C=O) groups is 1. The largest absolute Gasteiger partial charge is 0.497 e. The average Bonchev–Trinajstić information content (AvgIpc) is 2.47. The van der Waals surface area contributed by atoms with Crippen LogP contribution in [-0.2, 0) is 6.54 Å². The van der Waals surface area contributed by atoms with E-state index < -0.39 is 0 Å². The molecule has 0 saturated heterocycles.